The first-order valence-corrected chi connectivity index (χ1v) is 5.15. The van der Waals surface area contributed by atoms with E-state index in [1.807, 2.05) is 7.05 Å². The molecule has 0 aliphatic heterocycles. The maximum atomic E-state index is 5.44. The zero-order valence-electron chi connectivity index (χ0n) is 10.2. The van der Waals surface area contributed by atoms with Gasteiger partial charge in [-0.25, -0.2) is 0 Å². The summed E-state index contributed by atoms with van der Waals surface area (Å²) in [7, 11) is 3.63. The number of hydrogen-bond acceptors (Lipinski definition) is 3. The number of nitrogens with one attached hydrogen (secondary N) is 2. The first kappa shape index (κ1) is 11.9. The van der Waals surface area contributed by atoms with Gasteiger partial charge in [0.25, 0.3) is 0 Å². The van der Waals surface area contributed by atoms with E-state index in [-0.39, 0.29) is 0 Å². The Morgan fingerprint density at radius 1 is 1.20 bits per heavy atom. The molecule has 3 heteroatoms. The van der Waals surface area contributed by atoms with Crippen LogP contribution in [0.2, 0.25) is 0 Å². The summed E-state index contributed by atoms with van der Waals surface area (Å²) in [4.78, 5) is 0. The van der Waals surface area contributed by atoms with Crippen LogP contribution in [0, 0.1) is 20.8 Å². The van der Waals surface area contributed by atoms with Crippen LogP contribution in [0.15, 0.2) is 6.07 Å². The van der Waals surface area contributed by atoms with E-state index in [2.05, 4.69) is 37.5 Å². The van der Waals surface area contributed by atoms with Crippen LogP contribution in [-0.4, -0.2) is 20.8 Å². The lowest BCUT2D eigenvalue weighted by Gasteiger charge is -2.17. The van der Waals surface area contributed by atoms with Crippen LogP contribution in [0.5, 0.6) is 5.75 Å². The van der Waals surface area contributed by atoms with Gasteiger partial charge in [0.1, 0.15) is 5.75 Å². The topological polar surface area (TPSA) is 33.3 Å². The lowest BCUT2D eigenvalue weighted by molar-refractivity contribution is 0.412. The van der Waals surface area contributed by atoms with E-state index in [9.17, 15) is 0 Å². The SMILES string of the molecule is CNCNc1c(C)cc(C)c(C)c1OC. The zero-order valence-corrected chi connectivity index (χ0v) is 10.2. The summed E-state index contributed by atoms with van der Waals surface area (Å²) in [6, 6.07) is 2.18. The van der Waals surface area contributed by atoms with Crippen LogP contribution in [0.4, 0.5) is 5.69 Å². The van der Waals surface area contributed by atoms with Gasteiger partial charge in [0.15, 0.2) is 0 Å². The number of anilines is 1. The molecule has 0 saturated carbocycles. The molecule has 0 amide bonds. The van der Waals surface area contributed by atoms with Crippen molar-refractivity contribution in [2.45, 2.75) is 20.8 Å². The molecule has 0 atom stereocenters. The van der Waals surface area contributed by atoms with Gasteiger partial charge >= 0.3 is 0 Å². The quantitative estimate of drug-likeness (QED) is 0.744. The van der Waals surface area contributed by atoms with E-state index in [4.69, 9.17) is 4.74 Å². The smallest absolute Gasteiger partial charge is 0.145 e. The molecule has 3 nitrogen and oxygen atoms in total. The standard InChI is InChI=1S/C12H20N2O/c1-8-6-9(2)11(14-7-13-4)12(15-5)10(8)3/h6,13-14H,7H2,1-5H3. The van der Waals surface area contributed by atoms with Gasteiger partial charge in [-0.15, -0.1) is 0 Å². The molecule has 1 aromatic carbocycles. The molecule has 0 aliphatic rings. The van der Waals surface area contributed by atoms with Crippen LogP contribution >= 0.6 is 0 Å². The third-order valence-corrected chi connectivity index (χ3v) is 2.63. The predicted octanol–water partition coefficient (Wildman–Crippen LogP) is 2.21. The Labute approximate surface area is 91.8 Å². The monoisotopic (exact) mass is 208 g/mol. The number of rotatable bonds is 4. The Hall–Kier alpha value is -1.22. The van der Waals surface area contributed by atoms with Gasteiger partial charge in [-0.1, -0.05) is 6.07 Å². The predicted molar refractivity (Wildman–Crippen MR) is 64.8 cm³/mol. The Bertz CT molecular complexity index is 348. The molecule has 0 aromatic heterocycles. The van der Waals surface area contributed by atoms with Crippen molar-refractivity contribution in [1.29, 1.82) is 0 Å². The highest BCUT2D eigenvalue weighted by Crippen LogP contribution is 2.33. The molecule has 1 rings (SSSR count). The minimum atomic E-state index is 0.736. The fourth-order valence-electron chi connectivity index (χ4n) is 1.70. The molecule has 0 bridgehead atoms. The molecular weight excluding hydrogens is 188 g/mol. The number of aryl methyl sites for hydroxylation is 2. The lowest BCUT2D eigenvalue weighted by atomic mass is 10.0. The Balaban J connectivity index is 3.16. The summed E-state index contributed by atoms with van der Waals surface area (Å²) in [5, 5.41) is 6.38. The van der Waals surface area contributed by atoms with Gasteiger partial charge in [0.2, 0.25) is 0 Å². The molecule has 2 N–H and O–H groups in total. The third kappa shape index (κ3) is 2.42. The van der Waals surface area contributed by atoms with Crippen LogP contribution in [0.25, 0.3) is 0 Å². The van der Waals surface area contributed by atoms with Crippen LogP contribution in [0.3, 0.4) is 0 Å². The summed E-state index contributed by atoms with van der Waals surface area (Å²) in [5.74, 6) is 0.947. The second-order valence-electron chi connectivity index (χ2n) is 3.75. The maximum absolute atomic E-state index is 5.44. The molecule has 0 heterocycles. The highest BCUT2D eigenvalue weighted by Gasteiger charge is 2.11. The molecule has 0 saturated heterocycles. The summed E-state index contributed by atoms with van der Waals surface area (Å²) >= 11 is 0. The fraction of sp³-hybridized carbons (Fsp3) is 0.500. The van der Waals surface area contributed by atoms with Crippen LogP contribution in [-0.2, 0) is 0 Å². The molecule has 84 valence electrons. The summed E-state index contributed by atoms with van der Waals surface area (Å²) in [6.07, 6.45) is 0. The number of methoxy groups -OCH3 is 1. The van der Waals surface area contributed by atoms with Gasteiger partial charge in [0, 0.05) is 0 Å². The van der Waals surface area contributed by atoms with Gasteiger partial charge < -0.3 is 15.4 Å². The maximum Gasteiger partial charge on any atom is 0.145 e. The van der Waals surface area contributed by atoms with Crippen molar-refractivity contribution in [1.82, 2.24) is 5.32 Å². The van der Waals surface area contributed by atoms with Gasteiger partial charge in [-0.05, 0) is 44.5 Å². The number of hydrogen-bond donors (Lipinski definition) is 2. The average Bonchev–Trinajstić information content (AvgIpc) is 2.21. The van der Waals surface area contributed by atoms with Crippen LogP contribution < -0.4 is 15.4 Å². The van der Waals surface area contributed by atoms with Crippen molar-refractivity contribution in [3.05, 3.63) is 22.8 Å². The van der Waals surface area contributed by atoms with Crippen molar-refractivity contribution < 1.29 is 4.74 Å². The largest absolute Gasteiger partial charge is 0.494 e. The summed E-state index contributed by atoms with van der Waals surface area (Å²) in [6.45, 7) is 7.01. The van der Waals surface area contributed by atoms with Crippen LogP contribution in [0.1, 0.15) is 16.7 Å². The average molecular weight is 208 g/mol. The normalized spacial score (nSPS) is 10.2. The Kier molecular flexibility index (Phi) is 3.97. The van der Waals surface area contributed by atoms with E-state index < -0.39 is 0 Å². The molecule has 15 heavy (non-hydrogen) atoms. The molecule has 1 aromatic rings. The van der Waals surface area contributed by atoms with Crippen molar-refractivity contribution in [3.8, 4) is 5.75 Å². The van der Waals surface area contributed by atoms with E-state index in [1.54, 1.807) is 7.11 Å². The van der Waals surface area contributed by atoms with E-state index in [0.717, 1.165) is 18.1 Å². The minimum Gasteiger partial charge on any atom is -0.494 e. The second kappa shape index (κ2) is 5.03. The van der Waals surface area contributed by atoms with Gasteiger partial charge in [-0.2, -0.15) is 0 Å². The highest BCUT2D eigenvalue weighted by molar-refractivity contribution is 5.66. The molecule has 0 radical (unpaired) electrons. The Morgan fingerprint density at radius 2 is 1.87 bits per heavy atom. The number of ether oxygens (including phenoxy) is 1. The lowest BCUT2D eigenvalue weighted by Crippen LogP contribution is -2.18. The molecule has 0 spiro atoms. The van der Waals surface area contributed by atoms with Crippen molar-refractivity contribution in [2.75, 3.05) is 26.1 Å². The molecule has 0 aliphatic carbocycles. The molecular formula is C12H20N2O. The Morgan fingerprint density at radius 3 is 2.40 bits per heavy atom. The van der Waals surface area contributed by atoms with Crippen molar-refractivity contribution in [2.24, 2.45) is 0 Å². The van der Waals surface area contributed by atoms with Gasteiger partial charge in [-0.3, -0.25) is 0 Å². The molecule has 0 fully saturated rings. The van der Waals surface area contributed by atoms with E-state index in [1.165, 1.54) is 16.7 Å². The second-order valence-corrected chi connectivity index (χ2v) is 3.75. The number of benzene rings is 1. The van der Waals surface area contributed by atoms with E-state index >= 15 is 0 Å². The van der Waals surface area contributed by atoms with Gasteiger partial charge in [0.05, 0.1) is 19.5 Å². The molecule has 0 unspecified atom stereocenters. The first-order valence-electron chi connectivity index (χ1n) is 5.15. The third-order valence-electron chi connectivity index (χ3n) is 2.63. The van der Waals surface area contributed by atoms with Crippen molar-refractivity contribution in [3.63, 3.8) is 0 Å². The summed E-state index contributed by atoms with van der Waals surface area (Å²) < 4.78 is 5.44. The summed E-state index contributed by atoms with van der Waals surface area (Å²) in [5.41, 5.74) is 4.75. The van der Waals surface area contributed by atoms with E-state index in [0.29, 0.717) is 0 Å². The zero-order chi connectivity index (χ0) is 11.4. The highest BCUT2D eigenvalue weighted by atomic mass is 16.5. The minimum absolute atomic E-state index is 0.736. The first-order chi connectivity index (χ1) is 7.11. The van der Waals surface area contributed by atoms with Crippen molar-refractivity contribution >= 4 is 5.69 Å². The fourth-order valence-corrected chi connectivity index (χ4v) is 1.70.